The van der Waals surface area contributed by atoms with Crippen molar-refractivity contribution in [3.63, 3.8) is 0 Å². The molecule has 1 fully saturated rings. The first-order valence-electron chi connectivity index (χ1n) is 16.0. The Morgan fingerprint density at radius 2 is 1.45 bits per heavy atom. The first-order valence-corrected chi connectivity index (χ1v) is 16.0. The largest absolute Gasteiger partial charge is 0.494 e. The highest BCUT2D eigenvalue weighted by Gasteiger charge is 2.40. The Kier molecular flexibility index (Phi) is 10.3. The topological polar surface area (TPSA) is 61.8 Å². The van der Waals surface area contributed by atoms with Crippen molar-refractivity contribution >= 4 is 11.6 Å². The molecule has 4 aromatic rings. The van der Waals surface area contributed by atoms with E-state index in [0.29, 0.717) is 36.1 Å². The van der Waals surface area contributed by atoms with Crippen LogP contribution in [-0.2, 0) is 24.4 Å². The number of aliphatic hydroxyl groups is 1. The predicted molar refractivity (Wildman–Crippen MR) is 177 cm³/mol. The standard InChI is InChI=1S/C38H38F6N2O3/c1-4-24(25-11-7-5-8-12-25)21-31-32(35(47)45-2)23-30(26-19-28(37(39,40)41)22-29(20-26)38(42,43)44)33(34(31)49-3)46-17-15-36(48,16-18-46)27-13-9-6-10-14-27/h5-14,19-20,22-24,48H,4,15-18,21H2,1-3H3,(H,45,47). The van der Waals surface area contributed by atoms with Crippen LogP contribution in [0.15, 0.2) is 84.9 Å². The number of methoxy groups -OCH3 is 1. The molecule has 0 bridgehead atoms. The summed E-state index contributed by atoms with van der Waals surface area (Å²) in [5.41, 5.74) is -2.01. The number of ether oxygens (including phenoxy) is 1. The molecule has 1 unspecified atom stereocenters. The Morgan fingerprint density at radius 1 is 0.898 bits per heavy atom. The molecule has 5 rings (SSSR count). The minimum Gasteiger partial charge on any atom is -0.494 e. The summed E-state index contributed by atoms with van der Waals surface area (Å²) in [4.78, 5) is 15.3. The zero-order valence-corrected chi connectivity index (χ0v) is 27.4. The SMILES string of the molecule is CCC(Cc1c(C(=O)NC)cc(-c2cc(C(F)(F)F)cc(C(F)(F)F)c2)c(N2CCC(O)(c3ccccc3)CC2)c1OC)c1ccccc1. The van der Waals surface area contributed by atoms with E-state index < -0.39 is 35.0 Å². The normalized spacial score (nSPS) is 15.5. The van der Waals surface area contributed by atoms with Crippen LogP contribution in [0, 0.1) is 0 Å². The van der Waals surface area contributed by atoms with Crippen molar-refractivity contribution in [3.05, 3.63) is 118 Å². The van der Waals surface area contributed by atoms with E-state index in [2.05, 4.69) is 5.32 Å². The number of nitrogens with zero attached hydrogens (tertiary/aromatic N) is 1. The second-order valence-electron chi connectivity index (χ2n) is 12.3. The van der Waals surface area contributed by atoms with Crippen LogP contribution in [0.3, 0.4) is 0 Å². The molecule has 260 valence electrons. The maximum Gasteiger partial charge on any atom is 0.416 e. The number of carbonyl (C=O) groups is 1. The predicted octanol–water partition coefficient (Wildman–Crippen LogP) is 8.98. The summed E-state index contributed by atoms with van der Waals surface area (Å²) in [7, 11) is 2.78. The molecule has 1 amide bonds. The molecule has 49 heavy (non-hydrogen) atoms. The van der Waals surface area contributed by atoms with Crippen molar-refractivity contribution in [1.82, 2.24) is 5.32 Å². The summed E-state index contributed by atoms with van der Waals surface area (Å²) in [5, 5.41) is 14.2. The van der Waals surface area contributed by atoms with Crippen molar-refractivity contribution in [2.45, 2.75) is 56.5 Å². The number of hydrogen-bond donors (Lipinski definition) is 2. The molecule has 2 N–H and O–H groups in total. The lowest BCUT2D eigenvalue weighted by Crippen LogP contribution is -2.43. The fraction of sp³-hybridized carbons (Fsp3) is 0.342. The van der Waals surface area contributed by atoms with Gasteiger partial charge in [-0.05, 0) is 72.6 Å². The molecule has 0 aliphatic carbocycles. The first-order chi connectivity index (χ1) is 23.2. The van der Waals surface area contributed by atoms with E-state index in [-0.39, 0.29) is 66.0 Å². The Balaban J connectivity index is 1.77. The van der Waals surface area contributed by atoms with Crippen LogP contribution in [0.4, 0.5) is 32.0 Å². The first kappa shape index (κ1) is 35.8. The van der Waals surface area contributed by atoms with Gasteiger partial charge < -0.3 is 20.1 Å². The number of benzene rings is 4. The highest BCUT2D eigenvalue weighted by Crippen LogP contribution is 2.49. The summed E-state index contributed by atoms with van der Waals surface area (Å²) in [6.07, 6.45) is -8.73. The Hall–Kier alpha value is -4.51. The van der Waals surface area contributed by atoms with Gasteiger partial charge in [-0.15, -0.1) is 0 Å². The lowest BCUT2D eigenvalue weighted by atomic mass is 9.82. The quantitative estimate of drug-likeness (QED) is 0.173. The van der Waals surface area contributed by atoms with Crippen LogP contribution in [0.2, 0.25) is 0 Å². The Morgan fingerprint density at radius 3 is 1.94 bits per heavy atom. The van der Waals surface area contributed by atoms with Crippen LogP contribution in [-0.4, -0.2) is 38.3 Å². The minimum absolute atomic E-state index is 0.0197. The molecule has 11 heteroatoms. The van der Waals surface area contributed by atoms with Gasteiger partial charge in [0.05, 0.1) is 29.5 Å². The van der Waals surface area contributed by atoms with E-state index in [0.717, 1.165) is 5.56 Å². The number of alkyl halides is 6. The summed E-state index contributed by atoms with van der Waals surface area (Å²) in [5.74, 6) is -0.474. The molecule has 1 aliphatic heterocycles. The summed E-state index contributed by atoms with van der Waals surface area (Å²) in [6, 6.07) is 21.5. The zero-order chi connectivity index (χ0) is 35.6. The molecule has 0 saturated carbocycles. The third-order valence-electron chi connectivity index (χ3n) is 9.36. The minimum atomic E-state index is -5.08. The number of carbonyl (C=O) groups excluding carboxylic acids is 1. The molecule has 5 nitrogen and oxygen atoms in total. The summed E-state index contributed by atoms with van der Waals surface area (Å²) < 4.78 is 90.5. The fourth-order valence-electron chi connectivity index (χ4n) is 6.70. The molecule has 0 aromatic heterocycles. The summed E-state index contributed by atoms with van der Waals surface area (Å²) in [6.45, 7) is 2.40. The van der Waals surface area contributed by atoms with Gasteiger partial charge in [0, 0.05) is 36.8 Å². The van der Waals surface area contributed by atoms with Crippen molar-refractivity contribution in [1.29, 1.82) is 0 Å². The van der Waals surface area contributed by atoms with Crippen LogP contribution in [0.25, 0.3) is 11.1 Å². The van der Waals surface area contributed by atoms with Gasteiger partial charge in [0.25, 0.3) is 5.91 Å². The van der Waals surface area contributed by atoms with Gasteiger partial charge in [-0.3, -0.25) is 4.79 Å². The highest BCUT2D eigenvalue weighted by atomic mass is 19.4. The third kappa shape index (κ3) is 7.56. The molecule has 0 radical (unpaired) electrons. The van der Waals surface area contributed by atoms with Crippen molar-refractivity contribution < 1.29 is 41.0 Å². The van der Waals surface area contributed by atoms with Gasteiger partial charge in [0.1, 0.15) is 5.75 Å². The lowest BCUT2D eigenvalue weighted by molar-refractivity contribution is -0.143. The van der Waals surface area contributed by atoms with E-state index in [1.54, 1.807) is 0 Å². The van der Waals surface area contributed by atoms with Gasteiger partial charge >= 0.3 is 12.4 Å². The second kappa shape index (κ2) is 14.2. The Labute approximate surface area is 281 Å². The number of rotatable bonds is 9. The molecular formula is C38H38F6N2O3. The molecule has 1 saturated heterocycles. The van der Waals surface area contributed by atoms with E-state index >= 15 is 0 Å². The number of piperidine rings is 1. The monoisotopic (exact) mass is 684 g/mol. The van der Waals surface area contributed by atoms with E-state index in [1.165, 1.54) is 20.2 Å². The van der Waals surface area contributed by atoms with Gasteiger partial charge in [-0.1, -0.05) is 67.6 Å². The lowest BCUT2D eigenvalue weighted by Gasteiger charge is -2.41. The highest BCUT2D eigenvalue weighted by molar-refractivity contribution is 6.01. The van der Waals surface area contributed by atoms with E-state index in [4.69, 9.17) is 4.74 Å². The number of anilines is 1. The average Bonchev–Trinajstić information content (AvgIpc) is 3.10. The smallest absolute Gasteiger partial charge is 0.416 e. The molecule has 1 aliphatic rings. The molecule has 0 spiro atoms. The van der Waals surface area contributed by atoms with Crippen molar-refractivity contribution in [3.8, 4) is 16.9 Å². The molecule has 1 heterocycles. The van der Waals surface area contributed by atoms with E-state index in [1.807, 2.05) is 72.5 Å². The van der Waals surface area contributed by atoms with Crippen molar-refractivity contribution in [2.75, 3.05) is 32.1 Å². The van der Waals surface area contributed by atoms with Gasteiger partial charge in [0.2, 0.25) is 0 Å². The zero-order valence-electron chi connectivity index (χ0n) is 27.4. The van der Waals surface area contributed by atoms with Crippen LogP contribution in [0.1, 0.15) is 70.3 Å². The van der Waals surface area contributed by atoms with Crippen LogP contribution >= 0.6 is 0 Å². The average molecular weight is 685 g/mol. The van der Waals surface area contributed by atoms with Crippen LogP contribution in [0.5, 0.6) is 5.75 Å². The summed E-state index contributed by atoms with van der Waals surface area (Å²) >= 11 is 0. The number of amides is 1. The number of hydrogen-bond acceptors (Lipinski definition) is 4. The van der Waals surface area contributed by atoms with Crippen molar-refractivity contribution in [2.24, 2.45) is 0 Å². The fourth-order valence-corrected chi connectivity index (χ4v) is 6.70. The van der Waals surface area contributed by atoms with Gasteiger partial charge in [-0.25, -0.2) is 0 Å². The van der Waals surface area contributed by atoms with Gasteiger partial charge in [-0.2, -0.15) is 26.3 Å². The number of nitrogens with one attached hydrogen (secondary N) is 1. The van der Waals surface area contributed by atoms with E-state index in [9.17, 15) is 36.2 Å². The number of halogens is 6. The molecule has 1 atom stereocenters. The third-order valence-corrected chi connectivity index (χ3v) is 9.36. The maximum absolute atomic E-state index is 14.1. The molecule has 4 aromatic carbocycles. The second-order valence-corrected chi connectivity index (χ2v) is 12.3. The Bertz CT molecular complexity index is 1730. The maximum atomic E-state index is 14.1. The molecular weight excluding hydrogens is 646 g/mol. The van der Waals surface area contributed by atoms with Crippen LogP contribution < -0.4 is 15.0 Å². The van der Waals surface area contributed by atoms with Gasteiger partial charge in [0.15, 0.2) is 0 Å².